The second-order valence-electron chi connectivity index (χ2n) is 8.70. The summed E-state index contributed by atoms with van der Waals surface area (Å²) in [7, 11) is 3.40. The number of hydrogen-bond donors (Lipinski definition) is 2. The molecule has 0 atom stereocenters. The van der Waals surface area contributed by atoms with Crippen LogP contribution in [-0.4, -0.2) is 24.2 Å². The molecule has 4 aromatic carbocycles. The fourth-order valence-electron chi connectivity index (χ4n) is 5.38. The van der Waals surface area contributed by atoms with Crippen LogP contribution in [0, 0.1) is 0 Å². The molecule has 0 fully saturated rings. The van der Waals surface area contributed by atoms with Crippen molar-refractivity contribution >= 4 is 21.8 Å². The van der Waals surface area contributed by atoms with E-state index in [1.165, 1.54) is 21.9 Å². The van der Waals surface area contributed by atoms with Gasteiger partial charge in [-0.05, 0) is 58.7 Å². The molecular weight excluding hydrogens is 432 g/mol. The smallest absolute Gasteiger partial charge is 0.118 e. The summed E-state index contributed by atoms with van der Waals surface area (Å²) in [6.07, 6.45) is 4.31. The second-order valence-corrected chi connectivity index (χ2v) is 8.70. The predicted molar refractivity (Wildman–Crippen MR) is 142 cm³/mol. The van der Waals surface area contributed by atoms with Gasteiger partial charge in [0, 0.05) is 34.2 Å². The fourth-order valence-corrected chi connectivity index (χ4v) is 5.38. The van der Waals surface area contributed by atoms with Crippen LogP contribution in [0.4, 0.5) is 0 Å². The maximum atomic E-state index is 5.51. The van der Waals surface area contributed by atoms with E-state index < -0.39 is 5.41 Å². The molecule has 0 bridgehead atoms. The molecule has 0 unspecified atom stereocenters. The van der Waals surface area contributed by atoms with Crippen LogP contribution in [0.2, 0.25) is 0 Å². The number of aromatic nitrogens is 2. The minimum atomic E-state index is -0.599. The number of ether oxygens (including phenoxy) is 2. The molecule has 0 aliphatic heterocycles. The van der Waals surface area contributed by atoms with Crippen molar-refractivity contribution in [2.75, 3.05) is 14.2 Å². The molecule has 172 valence electrons. The monoisotopic (exact) mass is 458 g/mol. The lowest BCUT2D eigenvalue weighted by atomic mass is 9.65. The van der Waals surface area contributed by atoms with Crippen LogP contribution in [0.5, 0.6) is 11.5 Å². The van der Waals surface area contributed by atoms with Gasteiger partial charge in [0.25, 0.3) is 0 Å². The Hall–Kier alpha value is -4.44. The van der Waals surface area contributed by atoms with Gasteiger partial charge in [0.15, 0.2) is 0 Å². The molecule has 2 aromatic heterocycles. The van der Waals surface area contributed by atoms with Crippen molar-refractivity contribution in [2.24, 2.45) is 0 Å². The molecule has 0 aliphatic carbocycles. The molecule has 0 radical (unpaired) electrons. The SMILES string of the molecule is COc1ccc(C(c2ccc(OC)cc2)(c2c[nH]c3ccccc23)c2c[nH]c3ccccc23)cc1. The number of rotatable bonds is 6. The molecule has 0 aliphatic rings. The fraction of sp³-hybridized carbons (Fsp3) is 0.0968. The summed E-state index contributed by atoms with van der Waals surface area (Å²) in [6.45, 7) is 0. The minimum Gasteiger partial charge on any atom is -0.497 e. The van der Waals surface area contributed by atoms with Gasteiger partial charge in [-0.15, -0.1) is 0 Å². The number of aromatic amines is 2. The second kappa shape index (κ2) is 8.41. The largest absolute Gasteiger partial charge is 0.497 e. The molecule has 4 heteroatoms. The lowest BCUT2D eigenvalue weighted by molar-refractivity contribution is 0.414. The van der Waals surface area contributed by atoms with Gasteiger partial charge in [-0.25, -0.2) is 0 Å². The predicted octanol–water partition coefficient (Wildman–Crippen LogP) is 7.05. The van der Waals surface area contributed by atoms with Crippen molar-refractivity contribution in [3.63, 3.8) is 0 Å². The Morgan fingerprint density at radius 2 is 0.914 bits per heavy atom. The van der Waals surface area contributed by atoms with Crippen molar-refractivity contribution in [1.29, 1.82) is 0 Å². The molecule has 6 rings (SSSR count). The van der Waals surface area contributed by atoms with Crippen molar-refractivity contribution in [2.45, 2.75) is 5.41 Å². The molecule has 35 heavy (non-hydrogen) atoms. The molecule has 4 nitrogen and oxygen atoms in total. The van der Waals surface area contributed by atoms with E-state index in [9.17, 15) is 0 Å². The summed E-state index contributed by atoms with van der Waals surface area (Å²) in [6, 6.07) is 33.8. The average molecular weight is 459 g/mol. The van der Waals surface area contributed by atoms with Gasteiger partial charge < -0.3 is 19.4 Å². The number of methoxy groups -OCH3 is 2. The highest BCUT2D eigenvalue weighted by molar-refractivity contribution is 5.92. The first kappa shape index (κ1) is 21.1. The summed E-state index contributed by atoms with van der Waals surface area (Å²) in [4.78, 5) is 7.06. The Labute approximate surface area is 204 Å². The first-order valence-corrected chi connectivity index (χ1v) is 11.7. The molecular formula is C31H26N2O2. The van der Waals surface area contributed by atoms with Gasteiger partial charge in [-0.3, -0.25) is 0 Å². The normalized spacial score (nSPS) is 11.7. The van der Waals surface area contributed by atoms with Crippen molar-refractivity contribution < 1.29 is 9.47 Å². The molecule has 0 spiro atoms. The quantitative estimate of drug-likeness (QED) is 0.281. The van der Waals surface area contributed by atoms with Crippen LogP contribution in [-0.2, 0) is 5.41 Å². The summed E-state index contributed by atoms with van der Waals surface area (Å²) in [5.74, 6) is 1.66. The van der Waals surface area contributed by atoms with Gasteiger partial charge >= 0.3 is 0 Å². The number of nitrogens with one attached hydrogen (secondary N) is 2. The van der Waals surface area contributed by atoms with E-state index in [0.29, 0.717) is 0 Å². The van der Waals surface area contributed by atoms with E-state index in [0.717, 1.165) is 33.7 Å². The van der Waals surface area contributed by atoms with Crippen LogP contribution in [0.25, 0.3) is 21.8 Å². The number of benzene rings is 4. The highest BCUT2D eigenvalue weighted by atomic mass is 16.5. The van der Waals surface area contributed by atoms with E-state index in [-0.39, 0.29) is 0 Å². The Morgan fingerprint density at radius 1 is 0.514 bits per heavy atom. The van der Waals surface area contributed by atoms with Crippen LogP contribution in [0.3, 0.4) is 0 Å². The highest BCUT2D eigenvalue weighted by Crippen LogP contribution is 2.50. The molecule has 2 heterocycles. The Bertz CT molecular complexity index is 1480. The minimum absolute atomic E-state index is 0.599. The van der Waals surface area contributed by atoms with Crippen LogP contribution in [0.1, 0.15) is 22.3 Å². The Balaban J connectivity index is 1.78. The summed E-state index contributed by atoms with van der Waals surface area (Å²) in [5.41, 5.74) is 6.29. The highest BCUT2D eigenvalue weighted by Gasteiger charge is 2.42. The van der Waals surface area contributed by atoms with Gasteiger partial charge in [0.05, 0.1) is 19.6 Å². The first-order valence-electron chi connectivity index (χ1n) is 11.7. The first-order chi connectivity index (χ1) is 17.3. The van der Waals surface area contributed by atoms with Crippen LogP contribution in [0.15, 0.2) is 109 Å². The summed E-state index contributed by atoms with van der Waals surface area (Å²) in [5, 5.41) is 2.37. The Morgan fingerprint density at radius 3 is 1.31 bits per heavy atom. The van der Waals surface area contributed by atoms with E-state index in [4.69, 9.17) is 9.47 Å². The molecule has 0 saturated heterocycles. The standard InChI is InChI=1S/C31H26N2O2/c1-34-23-15-11-21(12-16-23)31(22-13-17-24(35-2)18-14-22,27-19-32-29-9-5-3-7-25(27)29)28-20-33-30-10-6-4-8-26(28)30/h3-20,32-33H,1-2H3. The molecule has 0 amide bonds. The summed E-state index contributed by atoms with van der Waals surface area (Å²) >= 11 is 0. The summed E-state index contributed by atoms with van der Waals surface area (Å²) < 4.78 is 11.0. The van der Waals surface area contributed by atoms with E-state index in [1.54, 1.807) is 14.2 Å². The van der Waals surface area contributed by atoms with Gasteiger partial charge in [0.2, 0.25) is 0 Å². The van der Waals surface area contributed by atoms with Crippen molar-refractivity contribution in [1.82, 2.24) is 9.97 Å². The molecule has 2 N–H and O–H groups in total. The number of hydrogen-bond acceptors (Lipinski definition) is 2. The third kappa shape index (κ3) is 3.22. The number of H-pyrrole nitrogens is 2. The van der Waals surface area contributed by atoms with Gasteiger partial charge in [-0.2, -0.15) is 0 Å². The maximum Gasteiger partial charge on any atom is 0.118 e. The van der Waals surface area contributed by atoms with Crippen molar-refractivity contribution in [3.05, 3.63) is 132 Å². The van der Waals surface area contributed by atoms with Gasteiger partial charge in [-0.1, -0.05) is 60.7 Å². The molecule has 0 saturated carbocycles. The van der Waals surface area contributed by atoms with Crippen LogP contribution < -0.4 is 9.47 Å². The number of fused-ring (bicyclic) bond motifs is 2. The zero-order valence-electron chi connectivity index (χ0n) is 19.7. The maximum absolute atomic E-state index is 5.51. The molecule has 6 aromatic rings. The topological polar surface area (TPSA) is 50.0 Å². The van der Waals surface area contributed by atoms with Crippen molar-refractivity contribution in [3.8, 4) is 11.5 Å². The van der Waals surface area contributed by atoms with E-state index in [1.807, 2.05) is 24.3 Å². The Kier molecular flexibility index (Phi) is 5.07. The zero-order chi connectivity index (χ0) is 23.8. The number of para-hydroxylation sites is 2. The van der Waals surface area contributed by atoms with Crippen LogP contribution >= 0.6 is 0 Å². The third-order valence-corrected chi connectivity index (χ3v) is 7.03. The van der Waals surface area contributed by atoms with E-state index in [2.05, 4.69) is 95.2 Å². The lowest BCUT2D eigenvalue weighted by Gasteiger charge is -2.36. The third-order valence-electron chi connectivity index (χ3n) is 7.03. The lowest BCUT2D eigenvalue weighted by Crippen LogP contribution is -2.30. The van der Waals surface area contributed by atoms with E-state index >= 15 is 0 Å². The average Bonchev–Trinajstić information content (AvgIpc) is 3.56. The van der Waals surface area contributed by atoms with Gasteiger partial charge in [0.1, 0.15) is 11.5 Å². The zero-order valence-corrected chi connectivity index (χ0v) is 19.7.